The number of ether oxygens (including phenoxy) is 1. The lowest BCUT2D eigenvalue weighted by Gasteiger charge is -2.22. The average molecular weight is 350 g/mol. The van der Waals surface area contributed by atoms with Crippen LogP contribution in [-0.2, 0) is 0 Å². The molecular weight excluding hydrogens is 322 g/mol. The summed E-state index contributed by atoms with van der Waals surface area (Å²) < 4.78 is 6.93. The Kier molecular flexibility index (Phi) is 6.15. The van der Waals surface area contributed by atoms with Crippen LogP contribution in [0.4, 0.5) is 0 Å². The molecule has 2 heterocycles. The van der Waals surface area contributed by atoms with Gasteiger partial charge in [-0.15, -0.1) is 16.4 Å². The van der Waals surface area contributed by atoms with E-state index in [4.69, 9.17) is 4.74 Å². The highest BCUT2D eigenvalue weighted by atomic mass is 32.1. The van der Waals surface area contributed by atoms with Crippen LogP contribution in [-0.4, -0.2) is 27.3 Å². The summed E-state index contributed by atoms with van der Waals surface area (Å²) in [5, 5.41) is 6.26. The van der Waals surface area contributed by atoms with Crippen LogP contribution in [0.1, 0.15) is 58.7 Å². The molecule has 0 amide bonds. The van der Waals surface area contributed by atoms with E-state index in [2.05, 4.69) is 37.8 Å². The molecule has 0 fully saturated rings. The zero-order valence-electron chi connectivity index (χ0n) is 15.2. The van der Waals surface area contributed by atoms with Gasteiger partial charge >= 0.3 is 6.01 Å². The number of aromatic nitrogens is 3. The first-order valence-electron chi connectivity index (χ1n) is 8.47. The summed E-state index contributed by atoms with van der Waals surface area (Å²) in [6.07, 6.45) is 2.31. The summed E-state index contributed by atoms with van der Waals surface area (Å²) in [5.74, 6) is 0.830. The molecule has 0 bridgehead atoms. The Hall–Kier alpha value is -1.69. The molecule has 0 aliphatic heterocycles. The van der Waals surface area contributed by atoms with Crippen molar-refractivity contribution in [2.45, 2.75) is 53.9 Å². The molecule has 0 aromatic carbocycles. The van der Waals surface area contributed by atoms with E-state index in [1.165, 1.54) is 4.68 Å². The van der Waals surface area contributed by atoms with Crippen LogP contribution < -0.4 is 4.74 Å². The van der Waals surface area contributed by atoms with Crippen LogP contribution in [0.2, 0.25) is 0 Å². The van der Waals surface area contributed by atoms with Gasteiger partial charge in [0.25, 0.3) is 0 Å². The lowest BCUT2D eigenvalue weighted by Crippen LogP contribution is -2.20. The Bertz CT molecular complexity index is 656. The third-order valence-corrected chi connectivity index (χ3v) is 4.35. The smallest absolute Gasteiger partial charge is 0.336 e. The van der Waals surface area contributed by atoms with Crippen molar-refractivity contribution in [1.29, 1.82) is 0 Å². The molecule has 6 heteroatoms. The van der Waals surface area contributed by atoms with Gasteiger partial charge < -0.3 is 4.74 Å². The Morgan fingerprint density at radius 1 is 1.42 bits per heavy atom. The fraction of sp³-hybridized carbons (Fsp3) is 0.611. The Labute approximate surface area is 148 Å². The van der Waals surface area contributed by atoms with Gasteiger partial charge in [-0.1, -0.05) is 40.7 Å². The predicted octanol–water partition coefficient (Wildman–Crippen LogP) is 4.90. The lowest BCUT2D eigenvalue weighted by atomic mass is 9.84. The number of carbonyl (C=O) groups is 1. The molecule has 2 aromatic rings. The SMILES string of the molecule is CCCOc1nc(-c2cccs2)n(C(=O)CC(C)CC(C)(C)C)n1. The molecule has 0 aliphatic carbocycles. The van der Waals surface area contributed by atoms with Gasteiger partial charge in [0, 0.05) is 6.42 Å². The standard InChI is InChI=1S/C18H27N3O2S/c1-6-9-23-17-19-16(14-8-7-10-24-14)21(20-17)15(22)11-13(2)12-18(3,4)5/h7-8,10,13H,6,9,11-12H2,1-5H3. The van der Waals surface area contributed by atoms with Crippen molar-refractivity contribution in [2.24, 2.45) is 11.3 Å². The average Bonchev–Trinajstić information content (AvgIpc) is 3.11. The third-order valence-electron chi connectivity index (χ3n) is 3.48. The molecule has 0 aliphatic rings. The number of rotatable bonds is 7. The van der Waals surface area contributed by atoms with Crippen molar-refractivity contribution in [3.8, 4) is 16.7 Å². The summed E-state index contributed by atoms with van der Waals surface area (Å²) >= 11 is 1.54. The molecular formula is C18H27N3O2S. The van der Waals surface area contributed by atoms with Crippen molar-refractivity contribution in [2.75, 3.05) is 6.61 Å². The minimum atomic E-state index is -0.0333. The van der Waals surface area contributed by atoms with E-state index in [0.29, 0.717) is 18.9 Å². The molecule has 0 saturated heterocycles. The van der Waals surface area contributed by atoms with Gasteiger partial charge in [-0.05, 0) is 35.6 Å². The van der Waals surface area contributed by atoms with Crippen LogP contribution in [0.25, 0.3) is 10.7 Å². The van der Waals surface area contributed by atoms with Crippen LogP contribution in [0.5, 0.6) is 6.01 Å². The van der Waals surface area contributed by atoms with E-state index in [1.54, 1.807) is 11.3 Å². The summed E-state index contributed by atoms with van der Waals surface area (Å²) in [4.78, 5) is 18.1. The van der Waals surface area contributed by atoms with Crippen molar-refractivity contribution < 1.29 is 9.53 Å². The first-order valence-corrected chi connectivity index (χ1v) is 9.35. The Balaban J connectivity index is 2.20. The van der Waals surface area contributed by atoms with E-state index < -0.39 is 0 Å². The molecule has 24 heavy (non-hydrogen) atoms. The second-order valence-corrected chi connectivity index (χ2v) is 8.37. The molecule has 2 aromatic heterocycles. The second-order valence-electron chi connectivity index (χ2n) is 7.42. The highest BCUT2D eigenvalue weighted by Crippen LogP contribution is 2.28. The second kappa shape index (κ2) is 7.92. The van der Waals surface area contributed by atoms with Crippen molar-refractivity contribution in [3.63, 3.8) is 0 Å². The number of nitrogens with zero attached hydrogens (tertiary/aromatic N) is 3. The molecule has 2 rings (SSSR count). The van der Waals surface area contributed by atoms with E-state index >= 15 is 0 Å². The lowest BCUT2D eigenvalue weighted by molar-refractivity contribution is 0.0856. The normalized spacial score (nSPS) is 13.0. The van der Waals surface area contributed by atoms with Gasteiger partial charge in [0.1, 0.15) is 0 Å². The molecule has 1 unspecified atom stereocenters. The molecule has 0 saturated carbocycles. The highest BCUT2D eigenvalue weighted by molar-refractivity contribution is 7.13. The highest BCUT2D eigenvalue weighted by Gasteiger charge is 2.23. The molecule has 0 N–H and O–H groups in total. The number of carbonyl (C=O) groups excluding carboxylic acids is 1. The van der Waals surface area contributed by atoms with Crippen molar-refractivity contribution in [3.05, 3.63) is 17.5 Å². The van der Waals surface area contributed by atoms with Gasteiger partial charge in [0.15, 0.2) is 5.82 Å². The topological polar surface area (TPSA) is 57.0 Å². The molecule has 0 spiro atoms. The fourth-order valence-electron chi connectivity index (χ4n) is 2.79. The van der Waals surface area contributed by atoms with Gasteiger partial charge in [0.2, 0.25) is 5.91 Å². The quantitative estimate of drug-likeness (QED) is 0.713. The van der Waals surface area contributed by atoms with Crippen LogP contribution in [0.3, 0.4) is 0 Å². The Morgan fingerprint density at radius 3 is 2.75 bits per heavy atom. The first-order chi connectivity index (χ1) is 11.3. The predicted molar refractivity (Wildman–Crippen MR) is 97.6 cm³/mol. The van der Waals surface area contributed by atoms with Gasteiger partial charge in [-0.25, -0.2) is 0 Å². The number of hydrogen-bond donors (Lipinski definition) is 0. The first kappa shape index (κ1) is 18.6. The van der Waals surface area contributed by atoms with Gasteiger partial charge in [0.05, 0.1) is 11.5 Å². The minimum absolute atomic E-state index is 0.0333. The van der Waals surface area contributed by atoms with E-state index in [9.17, 15) is 4.79 Å². The zero-order valence-corrected chi connectivity index (χ0v) is 16.0. The van der Waals surface area contributed by atoms with E-state index in [1.807, 2.05) is 24.4 Å². The van der Waals surface area contributed by atoms with Gasteiger partial charge in [-0.2, -0.15) is 9.67 Å². The van der Waals surface area contributed by atoms with E-state index in [-0.39, 0.29) is 23.3 Å². The maximum Gasteiger partial charge on any atom is 0.336 e. The minimum Gasteiger partial charge on any atom is -0.462 e. The third kappa shape index (κ3) is 5.16. The molecule has 5 nitrogen and oxygen atoms in total. The number of hydrogen-bond acceptors (Lipinski definition) is 5. The summed E-state index contributed by atoms with van der Waals surface area (Å²) in [6.45, 7) is 11.3. The summed E-state index contributed by atoms with van der Waals surface area (Å²) in [6, 6.07) is 4.16. The van der Waals surface area contributed by atoms with Crippen LogP contribution in [0.15, 0.2) is 17.5 Å². The van der Waals surface area contributed by atoms with Crippen LogP contribution >= 0.6 is 11.3 Å². The van der Waals surface area contributed by atoms with Gasteiger partial charge in [-0.3, -0.25) is 4.79 Å². The maximum absolute atomic E-state index is 12.8. The number of thiophene rings is 1. The summed E-state index contributed by atoms with van der Waals surface area (Å²) in [5.41, 5.74) is 0.202. The monoisotopic (exact) mass is 349 g/mol. The van der Waals surface area contributed by atoms with Crippen molar-refractivity contribution >= 4 is 17.2 Å². The molecule has 0 radical (unpaired) electrons. The Morgan fingerprint density at radius 2 is 2.17 bits per heavy atom. The van der Waals surface area contributed by atoms with E-state index in [0.717, 1.165) is 17.7 Å². The largest absolute Gasteiger partial charge is 0.462 e. The van der Waals surface area contributed by atoms with Crippen LogP contribution in [0, 0.1) is 11.3 Å². The maximum atomic E-state index is 12.8. The van der Waals surface area contributed by atoms with Crippen molar-refractivity contribution in [1.82, 2.24) is 14.8 Å². The summed E-state index contributed by atoms with van der Waals surface area (Å²) in [7, 11) is 0. The molecule has 132 valence electrons. The fourth-order valence-corrected chi connectivity index (χ4v) is 3.49. The molecule has 1 atom stereocenters. The zero-order chi connectivity index (χ0) is 17.7.